The van der Waals surface area contributed by atoms with E-state index in [0.717, 1.165) is 0 Å². The summed E-state index contributed by atoms with van der Waals surface area (Å²) in [5, 5.41) is 52.3. The lowest BCUT2D eigenvalue weighted by Gasteiger charge is -2.67. The minimum absolute atomic E-state index is 0.00327. The van der Waals surface area contributed by atoms with Crippen LogP contribution in [0.4, 0.5) is 4.79 Å². The van der Waals surface area contributed by atoms with E-state index in [9.17, 15) is 44.4 Å². The Balaban J connectivity index is 1.50. The summed E-state index contributed by atoms with van der Waals surface area (Å²) in [7, 11) is 0. The van der Waals surface area contributed by atoms with Gasteiger partial charge in [-0.3, -0.25) is 14.4 Å². The van der Waals surface area contributed by atoms with Gasteiger partial charge in [0, 0.05) is 25.2 Å². The standard InChI is InChI=1S/C44H55NO14/c1-24-28(55-22-42(53,21-46)34(26-15-11-9-12-16-26)45-38(52)59-39(3,4)5)20-44(54)36(57-37(51)27-17-13-10-14-18-27)33-41(8,35(50)32(49)31(24)40(44,6)7)29(48)19-30-43(33,23-56-30)58-25(2)47/h9-18,21,28-30,32-34,36,48-49,53-54H,19-20,22-23H2,1-8H3,(H,45,52)/t28-,29-,30+,32+,33-,34-,36-,41+,42+,43-,44+/m0/s1. The van der Waals surface area contributed by atoms with E-state index in [1.165, 1.54) is 26.0 Å². The maximum Gasteiger partial charge on any atom is 0.408 e. The molecular weight excluding hydrogens is 766 g/mol. The number of hydrogen-bond acceptors (Lipinski definition) is 14. The van der Waals surface area contributed by atoms with Crippen molar-refractivity contribution >= 4 is 30.1 Å². The first-order chi connectivity index (χ1) is 27.5. The second kappa shape index (κ2) is 15.5. The second-order valence-electron chi connectivity index (χ2n) is 18.1. The molecule has 2 saturated carbocycles. The quantitative estimate of drug-likeness (QED) is 0.100. The van der Waals surface area contributed by atoms with E-state index in [0.29, 0.717) is 5.56 Å². The Morgan fingerprint density at radius 2 is 1.63 bits per heavy atom. The molecule has 15 heteroatoms. The van der Waals surface area contributed by atoms with E-state index in [2.05, 4.69) is 5.32 Å². The molecule has 2 aromatic carbocycles. The highest BCUT2D eigenvalue weighted by Gasteiger charge is 2.78. The summed E-state index contributed by atoms with van der Waals surface area (Å²) in [4.78, 5) is 68.1. The van der Waals surface area contributed by atoms with Gasteiger partial charge in [-0.05, 0) is 63.5 Å². The van der Waals surface area contributed by atoms with Gasteiger partial charge in [0.1, 0.15) is 29.5 Å². The maximum atomic E-state index is 15.0. The summed E-state index contributed by atoms with van der Waals surface area (Å²) in [6, 6.07) is 14.7. The first-order valence-corrected chi connectivity index (χ1v) is 19.7. The summed E-state index contributed by atoms with van der Waals surface area (Å²) in [5.41, 5.74) is -10.3. The Morgan fingerprint density at radius 1 is 1.02 bits per heavy atom. The summed E-state index contributed by atoms with van der Waals surface area (Å²) in [6.07, 6.45) is -8.79. The Bertz CT molecular complexity index is 2000. The van der Waals surface area contributed by atoms with Crippen molar-refractivity contribution in [1.82, 2.24) is 5.32 Å². The van der Waals surface area contributed by atoms with Gasteiger partial charge in [-0.1, -0.05) is 62.4 Å². The van der Waals surface area contributed by atoms with E-state index in [4.69, 9.17) is 23.7 Å². The number of ether oxygens (including phenoxy) is 5. The molecule has 0 radical (unpaired) electrons. The molecule has 1 aliphatic heterocycles. The van der Waals surface area contributed by atoms with Crippen LogP contribution in [0.5, 0.6) is 0 Å². The zero-order valence-corrected chi connectivity index (χ0v) is 34.6. The monoisotopic (exact) mass is 821 g/mol. The van der Waals surface area contributed by atoms with Crippen LogP contribution in [-0.4, -0.2) is 117 Å². The number of alkyl carbamates (subject to hydrolysis) is 1. The van der Waals surface area contributed by atoms with Gasteiger partial charge in [-0.25, -0.2) is 9.59 Å². The Morgan fingerprint density at radius 3 is 2.17 bits per heavy atom. The number of ketones is 1. The lowest BCUT2D eigenvalue weighted by Crippen LogP contribution is -2.81. The van der Waals surface area contributed by atoms with Gasteiger partial charge >= 0.3 is 18.0 Å². The molecular formula is C44H55NO14. The largest absolute Gasteiger partial charge is 0.455 e. The van der Waals surface area contributed by atoms with E-state index in [-0.39, 0.29) is 36.0 Å². The minimum Gasteiger partial charge on any atom is -0.455 e. The minimum atomic E-state index is -2.46. The predicted octanol–water partition coefficient (Wildman–Crippen LogP) is 3.30. The number of carbonyl (C=O) groups excluding carboxylic acids is 5. The number of fused-ring (bicyclic) bond motifs is 5. The lowest BCUT2D eigenvalue weighted by molar-refractivity contribution is -0.346. The number of amides is 1. The zero-order valence-electron chi connectivity index (χ0n) is 34.6. The van der Waals surface area contributed by atoms with Gasteiger partial charge in [-0.15, -0.1) is 0 Å². The molecule has 1 heterocycles. The van der Waals surface area contributed by atoms with Crippen LogP contribution < -0.4 is 5.32 Å². The molecule has 5 N–H and O–H groups in total. The highest BCUT2D eigenvalue weighted by atomic mass is 16.6. The molecule has 0 spiro atoms. The summed E-state index contributed by atoms with van der Waals surface area (Å²) >= 11 is 0. The molecule has 2 aromatic rings. The number of aliphatic hydroxyl groups is 4. The van der Waals surface area contributed by atoms with Gasteiger partial charge in [0.05, 0.1) is 48.4 Å². The van der Waals surface area contributed by atoms with Crippen molar-refractivity contribution in [2.24, 2.45) is 16.7 Å². The molecule has 11 atom stereocenters. The first-order valence-electron chi connectivity index (χ1n) is 19.7. The number of aliphatic hydroxyl groups excluding tert-OH is 2. The predicted molar refractivity (Wildman–Crippen MR) is 208 cm³/mol. The number of esters is 2. The molecule has 3 fully saturated rings. The highest BCUT2D eigenvalue weighted by molar-refractivity contribution is 5.94. The Labute approximate surface area is 343 Å². The molecule has 1 amide bonds. The second-order valence-corrected chi connectivity index (χ2v) is 18.1. The highest BCUT2D eigenvalue weighted by Crippen LogP contribution is 2.64. The van der Waals surface area contributed by atoms with Crippen LogP contribution >= 0.6 is 0 Å². The summed E-state index contributed by atoms with van der Waals surface area (Å²) in [5.74, 6) is -4.03. The molecule has 4 aliphatic rings. The third-order valence-corrected chi connectivity index (χ3v) is 12.9. The molecule has 3 aliphatic carbocycles. The third kappa shape index (κ3) is 7.39. The zero-order chi connectivity index (χ0) is 43.5. The Hall–Kier alpha value is -4.51. The van der Waals surface area contributed by atoms with Crippen molar-refractivity contribution in [1.29, 1.82) is 0 Å². The van der Waals surface area contributed by atoms with Crippen LogP contribution in [0.1, 0.15) is 90.2 Å². The van der Waals surface area contributed by atoms with Crippen LogP contribution in [0.25, 0.3) is 0 Å². The number of carbonyl (C=O) groups is 5. The smallest absolute Gasteiger partial charge is 0.408 e. The maximum absolute atomic E-state index is 15.0. The van der Waals surface area contributed by atoms with Gasteiger partial charge in [0.2, 0.25) is 0 Å². The SMILES string of the molecule is CC(=O)O[C@@]12CO[C@@H]1C[C@H](O)[C@@]1(C)C(=O)[C@H](O)C3=C(C)[C@@H](OC[C@](O)(C=O)[C@@H](NC(=O)OC(C)(C)C)c4ccccc4)C[C@@](O)([C@@H](OC(=O)c4ccccc4)[C@H]21)C3(C)C. The number of aldehydes is 1. The third-order valence-electron chi connectivity index (χ3n) is 12.9. The number of Topliss-reactive ketones (excluding diaryl/α,β-unsaturated/α-hetero) is 1. The number of nitrogens with one attached hydrogen (secondary N) is 1. The van der Waals surface area contributed by atoms with Gasteiger partial charge in [-0.2, -0.15) is 0 Å². The molecule has 6 rings (SSSR count). The Kier molecular flexibility index (Phi) is 11.6. The van der Waals surface area contributed by atoms with Crippen LogP contribution in [0, 0.1) is 16.7 Å². The van der Waals surface area contributed by atoms with Crippen molar-refractivity contribution in [3.8, 4) is 0 Å². The van der Waals surface area contributed by atoms with Crippen molar-refractivity contribution in [2.75, 3.05) is 13.2 Å². The van der Waals surface area contributed by atoms with Crippen LogP contribution in [0.15, 0.2) is 71.8 Å². The molecule has 1 saturated heterocycles. The van der Waals surface area contributed by atoms with E-state index in [1.54, 1.807) is 90.1 Å². The van der Waals surface area contributed by atoms with Crippen LogP contribution in [-0.2, 0) is 38.1 Å². The number of benzene rings is 2. The van der Waals surface area contributed by atoms with Crippen molar-refractivity contribution in [3.05, 3.63) is 82.9 Å². The van der Waals surface area contributed by atoms with Crippen molar-refractivity contribution < 1.29 is 68.1 Å². The fraction of sp³-hybridized carbons (Fsp3) is 0.568. The van der Waals surface area contributed by atoms with Crippen molar-refractivity contribution in [3.63, 3.8) is 0 Å². The van der Waals surface area contributed by atoms with Gasteiger partial charge in [0.25, 0.3) is 0 Å². The molecule has 2 bridgehead atoms. The van der Waals surface area contributed by atoms with E-state index in [1.807, 2.05) is 0 Å². The number of rotatable bonds is 10. The lowest BCUT2D eigenvalue weighted by atomic mass is 9.44. The molecule has 0 unspecified atom stereocenters. The van der Waals surface area contributed by atoms with Crippen LogP contribution in [0.3, 0.4) is 0 Å². The van der Waals surface area contributed by atoms with E-state index < -0.39 is 113 Å². The van der Waals surface area contributed by atoms with Gasteiger partial charge < -0.3 is 49.4 Å². The van der Waals surface area contributed by atoms with Crippen LogP contribution in [0.2, 0.25) is 0 Å². The molecule has 15 nitrogen and oxygen atoms in total. The average molecular weight is 822 g/mol. The fourth-order valence-corrected chi connectivity index (χ4v) is 9.82. The molecule has 320 valence electrons. The van der Waals surface area contributed by atoms with Gasteiger partial charge in [0.15, 0.2) is 23.3 Å². The summed E-state index contributed by atoms with van der Waals surface area (Å²) in [6.45, 7) is 11.2. The van der Waals surface area contributed by atoms with Crippen molar-refractivity contribution in [2.45, 2.75) is 127 Å². The average Bonchev–Trinajstić information content (AvgIpc) is 3.17. The molecule has 59 heavy (non-hydrogen) atoms. The normalized spacial score (nSPS) is 33.9. The summed E-state index contributed by atoms with van der Waals surface area (Å²) < 4.78 is 30.0. The fourth-order valence-electron chi connectivity index (χ4n) is 9.82. The topological polar surface area (TPSA) is 224 Å². The molecule has 0 aromatic heterocycles. The van der Waals surface area contributed by atoms with E-state index >= 15 is 0 Å². The number of hydrogen-bond donors (Lipinski definition) is 5. The first kappa shape index (κ1) is 44.1.